The van der Waals surface area contributed by atoms with Crippen molar-refractivity contribution in [1.29, 1.82) is 0 Å². The molecule has 0 saturated heterocycles. The highest BCUT2D eigenvalue weighted by molar-refractivity contribution is 6.34. The molecule has 1 atom stereocenters. The quantitative estimate of drug-likeness (QED) is 0.860. The Morgan fingerprint density at radius 3 is 2.58 bits per heavy atom. The number of carbonyl (C=O) groups excluding carboxylic acids is 2. The van der Waals surface area contributed by atoms with Crippen molar-refractivity contribution < 1.29 is 9.59 Å². The van der Waals surface area contributed by atoms with E-state index in [0.717, 1.165) is 5.56 Å². The Kier molecular flexibility index (Phi) is 5.58. The molecule has 1 heterocycles. The number of nitrogens with one attached hydrogen (secondary N) is 2. The Bertz CT molecular complexity index is 757. The van der Waals surface area contributed by atoms with Gasteiger partial charge in [0.05, 0.1) is 16.8 Å². The van der Waals surface area contributed by atoms with Gasteiger partial charge in [0, 0.05) is 38.6 Å². The van der Waals surface area contributed by atoms with Gasteiger partial charge in [-0.3, -0.25) is 14.3 Å². The van der Waals surface area contributed by atoms with E-state index in [4.69, 9.17) is 11.6 Å². The second-order valence-electron chi connectivity index (χ2n) is 5.55. The summed E-state index contributed by atoms with van der Waals surface area (Å²) in [6.07, 6.45) is 3.40. The molecule has 8 heteroatoms. The average Bonchev–Trinajstić information content (AvgIpc) is 2.95. The number of anilines is 1. The third-order valence-electron chi connectivity index (χ3n) is 3.48. The molecule has 0 spiro atoms. The monoisotopic (exact) mass is 349 g/mol. The number of hydrogen-bond acceptors (Lipinski definition) is 4. The minimum absolute atomic E-state index is 0.228. The van der Waals surface area contributed by atoms with Gasteiger partial charge in [-0.15, -0.1) is 0 Å². The van der Waals surface area contributed by atoms with Crippen LogP contribution in [0.2, 0.25) is 5.02 Å². The zero-order valence-electron chi connectivity index (χ0n) is 14.0. The van der Waals surface area contributed by atoms with Gasteiger partial charge in [0.15, 0.2) is 0 Å². The summed E-state index contributed by atoms with van der Waals surface area (Å²) in [4.78, 5) is 26.1. The van der Waals surface area contributed by atoms with Crippen LogP contribution in [0.5, 0.6) is 0 Å². The van der Waals surface area contributed by atoms with Crippen LogP contribution in [0.1, 0.15) is 22.0 Å². The second-order valence-corrected chi connectivity index (χ2v) is 5.96. The summed E-state index contributed by atoms with van der Waals surface area (Å²) in [6, 6.07) is 4.26. The number of aryl methyl sites for hydroxylation is 1. The minimum Gasteiger partial charge on any atom is -0.345 e. The lowest BCUT2D eigenvalue weighted by Crippen LogP contribution is -2.30. The number of halogens is 1. The van der Waals surface area contributed by atoms with Crippen LogP contribution in [0.15, 0.2) is 30.6 Å². The third-order valence-corrected chi connectivity index (χ3v) is 3.81. The molecule has 0 aliphatic heterocycles. The molecule has 24 heavy (non-hydrogen) atoms. The SMILES string of the molecule is CNC(C(=O)Nc1ccc(Cl)c(C(=O)N(C)C)c1)c1cnn(C)c1. The fourth-order valence-corrected chi connectivity index (χ4v) is 2.46. The van der Waals surface area contributed by atoms with Gasteiger partial charge in [-0.2, -0.15) is 5.10 Å². The number of amides is 2. The molecule has 0 bridgehead atoms. The van der Waals surface area contributed by atoms with E-state index in [-0.39, 0.29) is 11.8 Å². The summed E-state index contributed by atoms with van der Waals surface area (Å²) in [6.45, 7) is 0. The van der Waals surface area contributed by atoms with Crippen LogP contribution in [-0.2, 0) is 11.8 Å². The molecule has 1 aromatic heterocycles. The maximum Gasteiger partial charge on any atom is 0.254 e. The Balaban J connectivity index is 2.22. The molecule has 2 rings (SSSR count). The standard InChI is InChI=1S/C16H20ClN5O2/c1-18-14(10-8-19-22(4)9-10)15(23)20-11-5-6-13(17)12(7-11)16(24)21(2)3/h5-9,14,18H,1-4H3,(H,20,23). The number of carbonyl (C=O) groups is 2. The van der Waals surface area contributed by atoms with Crippen LogP contribution >= 0.6 is 11.6 Å². The zero-order valence-corrected chi connectivity index (χ0v) is 14.8. The summed E-state index contributed by atoms with van der Waals surface area (Å²) in [5, 5.41) is 10.2. The normalized spacial score (nSPS) is 11.9. The molecule has 1 unspecified atom stereocenters. The Labute approximate surface area is 145 Å². The molecule has 2 amide bonds. The average molecular weight is 350 g/mol. The van der Waals surface area contributed by atoms with E-state index in [1.165, 1.54) is 4.90 Å². The molecule has 0 aliphatic carbocycles. The van der Waals surface area contributed by atoms with Gasteiger partial charge in [0.1, 0.15) is 6.04 Å². The Morgan fingerprint density at radius 1 is 1.33 bits per heavy atom. The van der Waals surface area contributed by atoms with E-state index in [1.54, 1.807) is 63.5 Å². The molecular weight excluding hydrogens is 330 g/mol. The summed E-state index contributed by atoms with van der Waals surface area (Å²) in [7, 11) is 6.76. The first-order chi connectivity index (χ1) is 11.3. The van der Waals surface area contributed by atoms with E-state index in [1.807, 2.05) is 0 Å². The minimum atomic E-state index is -0.553. The first-order valence-electron chi connectivity index (χ1n) is 7.31. The number of rotatable bonds is 5. The van der Waals surface area contributed by atoms with E-state index in [9.17, 15) is 9.59 Å². The molecular formula is C16H20ClN5O2. The van der Waals surface area contributed by atoms with Crippen molar-refractivity contribution >= 4 is 29.1 Å². The molecule has 0 saturated carbocycles. The number of hydrogen-bond donors (Lipinski definition) is 2. The molecule has 128 valence electrons. The van der Waals surface area contributed by atoms with E-state index in [0.29, 0.717) is 16.3 Å². The van der Waals surface area contributed by atoms with E-state index in [2.05, 4.69) is 15.7 Å². The number of aromatic nitrogens is 2. The summed E-state index contributed by atoms with van der Waals surface area (Å²) >= 11 is 6.08. The van der Waals surface area contributed by atoms with Crippen molar-refractivity contribution in [2.45, 2.75) is 6.04 Å². The molecule has 7 nitrogen and oxygen atoms in total. The molecule has 0 aliphatic rings. The number of likely N-dealkylation sites (N-methyl/N-ethyl adjacent to an activating group) is 1. The topological polar surface area (TPSA) is 79.3 Å². The maximum atomic E-state index is 12.5. The van der Waals surface area contributed by atoms with E-state index < -0.39 is 6.04 Å². The van der Waals surface area contributed by atoms with Crippen molar-refractivity contribution in [2.75, 3.05) is 26.5 Å². The highest BCUT2D eigenvalue weighted by atomic mass is 35.5. The lowest BCUT2D eigenvalue weighted by Gasteiger charge is -2.16. The van der Waals surface area contributed by atoms with E-state index >= 15 is 0 Å². The van der Waals surface area contributed by atoms with Gasteiger partial charge in [0.25, 0.3) is 5.91 Å². The van der Waals surface area contributed by atoms with Crippen molar-refractivity contribution in [1.82, 2.24) is 20.0 Å². The van der Waals surface area contributed by atoms with Gasteiger partial charge in [-0.05, 0) is 25.2 Å². The van der Waals surface area contributed by atoms with Gasteiger partial charge in [-0.25, -0.2) is 0 Å². The summed E-state index contributed by atoms with van der Waals surface area (Å²) in [5.41, 5.74) is 1.58. The fraction of sp³-hybridized carbons (Fsp3) is 0.312. The largest absolute Gasteiger partial charge is 0.345 e. The predicted octanol–water partition coefficient (Wildman–Crippen LogP) is 1.67. The lowest BCUT2D eigenvalue weighted by atomic mass is 10.1. The fourth-order valence-electron chi connectivity index (χ4n) is 2.26. The van der Waals surface area contributed by atoms with Gasteiger partial charge >= 0.3 is 0 Å². The number of nitrogens with zero attached hydrogens (tertiary/aromatic N) is 3. The lowest BCUT2D eigenvalue weighted by molar-refractivity contribution is -0.118. The molecule has 1 aromatic carbocycles. The highest BCUT2D eigenvalue weighted by Crippen LogP contribution is 2.23. The summed E-state index contributed by atoms with van der Waals surface area (Å²) in [5.74, 6) is -0.482. The molecule has 0 fully saturated rings. The molecule has 2 aromatic rings. The van der Waals surface area contributed by atoms with Crippen molar-refractivity contribution in [3.8, 4) is 0 Å². The van der Waals surface area contributed by atoms with Gasteiger partial charge in [0.2, 0.25) is 5.91 Å². The first-order valence-corrected chi connectivity index (χ1v) is 7.69. The van der Waals surface area contributed by atoms with Crippen LogP contribution in [0.25, 0.3) is 0 Å². The number of benzene rings is 1. The molecule has 0 radical (unpaired) electrons. The van der Waals surface area contributed by atoms with Crippen LogP contribution in [0, 0.1) is 0 Å². The van der Waals surface area contributed by atoms with Gasteiger partial charge < -0.3 is 15.5 Å². The zero-order chi connectivity index (χ0) is 17.9. The smallest absolute Gasteiger partial charge is 0.254 e. The summed E-state index contributed by atoms with van der Waals surface area (Å²) < 4.78 is 1.63. The Morgan fingerprint density at radius 2 is 2.04 bits per heavy atom. The predicted molar refractivity (Wildman–Crippen MR) is 93.1 cm³/mol. The van der Waals surface area contributed by atoms with Crippen molar-refractivity contribution in [3.05, 3.63) is 46.7 Å². The molecule has 2 N–H and O–H groups in total. The van der Waals surface area contributed by atoms with Crippen molar-refractivity contribution in [2.24, 2.45) is 7.05 Å². The second kappa shape index (κ2) is 7.46. The maximum absolute atomic E-state index is 12.5. The van der Waals surface area contributed by atoms with Gasteiger partial charge in [-0.1, -0.05) is 11.6 Å². The first kappa shape index (κ1) is 18.0. The van der Waals surface area contributed by atoms with Crippen molar-refractivity contribution in [3.63, 3.8) is 0 Å². The highest BCUT2D eigenvalue weighted by Gasteiger charge is 2.21. The Hall–Kier alpha value is -2.38. The van der Waals surface area contributed by atoms with Crippen LogP contribution in [0.3, 0.4) is 0 Å². The third kappa shape index (κ3) is 3.93. The van der Waals surface area contributed by atoms with Crippen LogP contribution in [0.4, 0.5) is 5.69 Å². The van der Waals surface area contributed by atoms with Crippen LogP contribution in [-0.4, -0.2) is 47.6 Å². The van der Waals surface area contributed by atoms with Crippen LogP contribution < -0.4 is 10.6 Å².